The van der Waals surface area contributed by atoms with Gasteiger partial charge in [-0.05, 0) is 31.2 Å². The topological polar surface area (TPSA) is 59.3 Å². The summed E-state index contributed by atoms with van der Waals surface area (Å²) in [6.07, 6.45) is 1.55. The van der Waals surface area contributed by atoms with Gasteiger partial charge in [0, 0.05) is 28.7 Å². The van der Waals surface area contributed by atoms with Crippen LogP contribution in [-0.4, -0.2) is 15.6 Å². The summed E-state index contributed by atoms with van der Waals surface area (Å²) in [7, 11) is 0. The Bertz CT molecular complexity index is 659. The summed E-state index contributed by atoms with van der Waals surface area (Å²) < 4.78 is 1.64. The largest absolute Gasteiger partial charge is 0.477 e. The zero-order valence-corrected chi connectivity index (χ0v) is 10.3. The van der Waals surface area contributed by atoms with Crippen molar-refractivity contribution in [2.75, 3.05) is 0 Å². The summed E-state index contributed by atoms with van der Waals surface area (Å²) in [6, 6.07) is 8.16. The van der Waals surface area contributed by atoms with E-state index >= 15 is 0 Å². The van der Waals surface area contributed by atoms with E-state index in [4.69, 9.17) is 16.7 Å². The highest BCUT2D eigenvalue weighted by molar-refractivity contribution is 6.30. The van der Waals surface area contributed by atoms with E-state index in [0.717, 1.165) is 5.69 Å². The summed E-state index contributed by atoms with van der Waals surface area (Å²) in [5.74, 6) is -1.22. The smallest absolute Gasteiger partial charge is 0.341 e. The molecule has 18 heavy (non-hydrogen) atoms. The number of carboxylic acid groups (broad SMARTS) is 1. The molecule has 1 aromatic heterocycles. The Kier molecular flexibility index (Phi) is 3.21. The molecule has 5 heteroatoms. The SMILES string of the molecule is Cc1c(C(=O)O)c(=O)ccn1-c1ccc(Cl)cc1. The molecule has 92 valence electrons. The van der Waals surface area contributed by atoms with Gasteiger partial charge in [-0.15, -0.1) is 0 Å². The Morgan fingerprint density at radius 1 is 1.22 bits per heavy atom. The van der Waals surface area contributed by atoms with E-state index in [-0.39, 0.29) is 5.56 Å². The predicted octanol–water partition coefficient (Wildman–Crippen LogP) is 2.50. The minimum Gasteiger partial charge on any atom is -0.477 e. The first-order valence-corrected chi connectivity index (χ1v) is 5.60. The maximum absolute atomic E-state index is 11.5. The Balaban J connectivity index is 2.66. The number of aromatic carboxylic acids is 1. The van der Waals surface area contributed by atoms with Crippen LogP contribution >= 0.6 is 11.6 Å². The molecular weight excluding hydrogens is 254 g/mol. The second kappa shape index (κ2) is 4.66. The molecule has 0 amide bonds. The van der Waals surface area contributed by atoms with Crippen molar-refractivity contribution in [2.24, 2.45) is 0 Å². The van der Waals surface area contributed by atoms with Crippen molar-refractivity contribution >= 4 is 17.6 Å². The van der Waals surface area contributed by atoms with Crippen LogP contribution in [0.3, 0.4) is 0 Å². The Morgan fingerprint density at radius 3 is 2.39 bits per heavy atom. The van der Waals surface area contributed by atoms with E-state index < -0.39 is 11.4 Å². The zero-order valence-electron chi connectivity index (χ0n) is 9.55. The molecule has 4 nitrogen and oxygen atoms in total. The van der Waals surface area contributed by atoms with Crippen molar-refractivity contribution in [1.82, 2.24) is 4.57 Å². The normalized spacial score (nSPS) is 10.3. The van der Waals surface area contributed by atoms with Crippen molar-refractivity contribution in [3.05, 3.63) is 63.0 Å². The predicted molar refractivity (Wildman–Crippen MR) is 68.7 cm³/mol. The van der Waals surface area contributed by atoms with Crippen LogP contribution in [0, 0.1) is 6.92 Å². The number of aromatic nitrogens is 1. The first kappa shape index (κ1) is 12.4. The highest BCUT2D eigenvalue weighted by Crippen LogP contribution is 2.15. The lowest BCUT2D eigenvalue weighted by atomic mass is 10.2. The number of carbonyl (C=O) groups is 1. The number of hydrogen-bond donors (Lipinski definition) is 1. The van der Waals surface area contributed by atoms with Crippen molar-refractivity contribution in [3.63, 3.8) is 0 Å². The maximum Gasteiger partial charge on any atom is 0.341 e. The maximum atomic E-state index is 11.5. The zero-order chi connectivity index (χ0) is 13.3. The number of benzene rings is 1. The van der Waals surface area contributed by atoms with Crippen molar-refractivity contribution in [1.29, 1.82) is 0 Å². The number of nitrogens with zero attached hydrogens (tertiary/aromatic N) is 1. The molecule has 1 aromatic carbocycles. The number of carboxylic acids is 1. The molecule has 0 fully saturated rings. The van der Waals surface area contributed by atoms with Gasteiger partial charge in [0.2, 0.25) is 0 Å². The number of pyridine rings is 1. The molecule has 0 saturated carbocycles. The molecule has 0 spiro atoms. The molecule has 0 saturated heterocycles. The Labute approximate surface area is 108 Å². The van der Waals surface area contributed by atoms with Crippen LogP contribution in [0.2, 0.25) is 5.02 Å². The third-order valence-electron chi connectivity index (χ3n) is 2.66. The summed E-state index contributed by atoms with van der Waals surface area (Å²) in [5.41, 5.74) is 0.425. The monoisotopic (exact) mass is 263 g/mol. The lowest BCUT2D eigenvalue weighted by Crippen LogP contribution is -2.19. The highest BCUT2D eigenvalue weighted by atomic mass is 35.5. The van der Waals surface area contributed by atoms with E-state index in [1.165, 1.54) is 6.07 Å². The molecule has 1 N–H and O–H groups in total. The minimum atomic E-state index is -1.22. The van der Waals surface area contributed by atoms with Crippen LogP contribution in [0.15, 0.2) is 41.3 Å². The molecule has 0 bridgehead atoms. The molecular formula is C13H10ClNO3. The van der Waals surface area contributed by atoms with Crippen LogP contribution in [0.5, 0.6) is 0 Å². The van der Waals surface area contributed by atoms with Gasteiger partial charge in [0.1, 0.15) is 5.56 Å². The van der Waals surface area contributed by atoms with Crippen molar-refractivity contribution < 1.29 is 9.90 Å². The molecule has 2 rings (SSSR count). The van der Waals surface area contributed by atoms with Gasteiger partial charge in [-0.3, -0.25) is 4.79 Å². The van der Waals surface area contributed by atoms with Crippen molar-refractivity contribution in [2.45, 2.75) is 6.92 Å². The molecule has 1 heterocycles. The lowest BCUT2D eigenvalue weighted by molar-refractivity contribution is 0.0694. The lowest BCUT2D eigenvalue weighted by Gasteiger charge is -2.12. The molecule has 2 aromatic rings. The first-order chi connectivity index (χ1) is 8.50. The average Bonchev–Trinajstić information content (AvgIpc) is 2.30. The third kappa shape index (κ3) is 2.15. The van der Waals surface area contributed by atoms with Gasteiger partial charge in [0.25, 0.3) is 0 Å². The fourth-order valence-electron chi connectivity index (χ4n) is 1.78. The van der Waals surface area contributed by atoms with Crippen LogP contribution in [0.25, 0.3) is 5.69 Å². The van der Waals surface area contributed by atoms with E-state index in [2.05, 4.69) is 0 Å². The fraction of sp³-hybridized carbons (Fsp3) is 0.0769. The van der Waals surface area contributed by atoms with E-state index in [1.54, 1.807) is 42.0 Å². The van der Waals surface area contributed by atoms with Gasteiger partial charge in [0.05, 0.1) is 0 Å². The summed E-state index contributed by atoms with van der Waals surface area (Å²) in [4.78, 5) is 22.5. The van der Waals surface area contributed by atoms with Gasteiger partial charge in [-0.2, -0.15) is 0 Å². The van der Waals surface area contributed by atoms with E-state index in [9.17, 15) is 9.59 Å². The van der Waals surface area contributed by atoms with Crippen molar-refractivity contribution in [3.8, 4) is 5.69 Å². The van der Waals surface area contributed by atoms with Gasteiger partial charge in [0.15, 0.2) is 5.43 Å². The summed E-state index contributed by atoms with van der Waals surface area (Å²) in [6.45, 7) is 1.60. The van der Waals surface area contributed by atoms with Gasteiger partial charge in [-0.1, -0.05) is 11.6 Å². The summed E-state index contributed by atoms with van der Waals surface area (Å²) in [5, 5.41) is 9.62. The number of rotatable bonds is 2. The van der Waals surface area contributed by atoms with Crippen LogP contribution < -0.4 is 5.43 Å². The Morgan fingerprint density at radius 2 is 1.83 bits per heavy atom. The van der Waals surface area contributed by atoms with Crippen LogP contribution in [0.1, 0.15) is 16.1 Å². The third-order valence-corrected chi connectivity index (χ3v) is 2.92. The first-order valence-electron chi connectivity index (χ1n) is 5.22. The Hall–Kier alpha value is -2.07. The fourth-order valence-corrected chi connectivity index (χ4v) is 1.90. The van der Waals surface area contributed by atoms with E-state index in [1.807, 2.05) is 0 Å². The van der Waals surface area contributed by atoms with E-state index in [0.29, 0.717) is 10.7 Å². The quantitative estimate of drug-likeness (QED) is 0.906. The molecule has 0 aliphatic rings. The summed E-state index contributed by atoms with van der Waals surface area (Å²) >= 11 is 5.79. The molecule has 0 unspecified atom stereocenters. The number of hydrogen-bond acceptors (Lipinski definition) is 2. The van der Waals surface area contributed by atoms with Gasteiger partial charge in [-0.25, -0.2) is 4.79 Å². The minimum absolute atomic E-state index is 0.215. The van der Waals surface area contributed by atoms with Crippen LogP contribution in [-0.2, 0) is 0 Å². The average molecular weight is 264 g/mol. The molecule has 0 radical (unpaired) electrons. The molecule has 0 atom stereocenters. The molecule has 0 aliphatic heterocycles. The number of halogens is 1. The second-order valence-electron chi connectivity index (χ2n) is 3.79. The van der Waals surface area contributed by atoms with Crippen LogP contribution in [0.4, 0.5) is 0 Å². The standard InChI is InChI=1S/C13H10ClNO3/c1-8-12(13(17)18)11(16)6-7-15(8)10-4-2-9(14)3-5-10/h2-7H,1H3,(H,17,18). The molecule has 0 aliphatic carbocycles. The highest BCUT2D eigenvalue weighted by Gasteiger charge is 2.14. The second-order valence-corrected chi connectivity index (χ2v) is 4.23. The van der Waals surface area contributed by atoms with Gasteiger partial charge >= 0.3 is 5.97 Å². The van der Waals surface area contributed by atoms with Gasteiger partial charge < -0.3 is 9.67 Å².